The molecule has 4 aromatic rings. The van der Waals surface area contributed by atoms with Gasteiger partial charge in [-0.3, -0.25) is 29.6 Å². The fourth-order valence-electron chi connectivity index (χ4n) is 7.71. The SMILES string of the molecule is CC(C)[C@H](NC(=O)N(C)CC1N=c2ccccc2=N1)C(=O)N[C@@H](Cc1ccccc1)[C@H](O)[C@@H](O)[C@H](Cc1ccccc1)NC(=O)[C@@H](NC(=O)N(C)CC1N=c2ccccc2=N1)C(C)C. The molecule has 0 fully saturated rings. The maximum absolute atomic E-state index is 14.2. The first kappa shape index (κ1) is 47.0. The Kier molecular flexibility index (Phi) is 15.9. The molecule has 4 aromatic carbocycles. The number of carbonyl (C=O) groups is 4. The van der Waals surface area contributed by atoms with Gasteiger partial charge in [0.1, 0.15) is 24.3 Å². The molecule has 0 aliphatic carbocycles. The van der Waals surface area contributed by atoms with Gasteiger partial charge in [-0.05, 0) is 60.1 Å². The lowest BCUT2D eigenvalue weighted by Crippen LogP contribution is -2.62. The van der Waals surface area contributed by atoms with Crippen molar-refractivity contribution in [2.45, 2.75) is 89.2 Å². The summed E-state index contributed by atoms with van der Waals surface area (Å²) < 4.78 is 0. The average Bonchev–Trinajstić information content (AvgIpc) is 3.89. The molecule has 6 rings (SSSR count). The lowest BCUT2D eigenvalue weighted by Gasteiger charge is -2.35. The lowest BCUT2D eigenvalue weighted by molar-refractivity contribution is -0.129. The number of hydrogen-bond acceptors (Lipinski definition) is 10. The quantitative estimate of drug-likeness (QED) is 0.0811. The van der Waals surface area contributed by atoms with Crippen LogP contribution in [-0.2, 0) is 22.4 Å². The zero-order chi connectivity index (χ0) is 45.9. The second-order valence-electron chi connectivity index (χ2n) is 17.1. The molecule has 2 aliphatic rings. The van der Waals surface area contributed by atoms with E-state index in [0.29, 0.717) is 0 Å². The van der Waals surface area contributed by atoms with Crippen LogP contribution in [0.4, 0.5) is 9.59 Å². The molecular weight excluding hydrogens is 813 g/mol. The van der Waals surface area contributed by atoms with Crippen LogP contribution < -0.4 is 42.7 Å². The number of likely N-dealkylation sites (N-methyl/N-ethyl adjacent to an activating group) is 2. The second kappa shape index (κ2) is 21.7. The summed E-state index contributed by atoms with van der Waals surface area (Å²) >= 11 is 0. The average molecular weight is 873 g/mol. The Bertz CT molecular complexity index is 2250. The molecular formula is C48H60N10O6. The molecule has 2 heterocycles. The first-order valence-corrected chi connectivity index (χ1v) is 21.8. The van der Waals surface area contributed by atoms with Gasteiger partial charge in [0.25, 0.3) is 0 Å². The summed E-state index contributed by atoms with van der Waals surface area (Å²) in [6.45, 7) is 7.56. The second-order valence-corrected chi connectivity index (χ2v) is 17.1. The Morgan fingerprint density at radius 2 is 0.797 bits per heavy atom. The van der Waals surface area contributed by atoms with Gasteiger partial charge in [0.15, 0.2) is 12.3 Å². The third-order valence-corrected chi connectivity index (χ3v) is 11.4. The van der Waals surface area contributed by atoms with Crippen molar-refractivity contribution in [3.8, 4) is 0 Å². The minimum Gasteiger partial charge on any atom is -0.388 e. The van der Waals surface area contributed by atoms with Crippen LogP contribution in [0.2, 0.25) is 0 Å². The van der Waals surface area contributed by atoms with Gasteiger partial charge in [0.05, 0.1) is 46.6 Å². The van der Waals surface area contributed by atoms with Gasteiger partial charge in [-0.2, -0.15) is 0 Å². The summed E-state index contributed by atoms with van der Waals surface area (Å²) in [4.78, 5) is 76.6. The largest absolute Gasteiger partial charge is 0.388 e. The topological polar surface area (TPSA) is 213 Å². The summed E-state index contributed by atoms with van der Waals surface area (Å²) in [6.07, 6.45) is -3.98. The van der Waals surface area contributed by atoms with Crippen molar-refractivity contribution in [1.29, 1.82) is 0 Å². The fraction of sp³-hybridized carbons (Fsp3) is 0.417. The zero-order valence-electron chi connectivity index (χ0n) is 37.2. The Labute approximate surface area is 373 Å². The minimum atomic E-state index is -1.61. The summed E-state index contributed by atoms with van der Waals surface area (Å²) in [5.41, 5.74) is 1.54. The number of rotatable bonds is 19. The van der Waals surface area contributed by atoms with E-state index in [4.69, 9.17) is 0 Å². The molecule has 6 N–H and O–H groups in total. The molecule has 2 aliphatic heterocycles. The number of aliphatic hydroxyl groups is 2. The van der Waals surface area contributed by atoms with Crippen molar-refractivity contribution in [3.05, 3.63) is 142 Å². The van der Waals surface area contributed by atoms with Crippen LogP contribution in [-0.4, -0.2) is 120 Å². The van der Waals surface area contributed by atoms with Crippen LogP contribution in [0.5, 0.6) is 0 Å². The van der Waals surface area contributed by atoms with Gasteiger partial charge >= 0.3 is 12.1 Å². The molecule has 16 heteroatoms. The molecule has 0 saturated heterocycles. The van der Waals surface area contributed by atoms with E-state index in [2.05, 4.69) is 41.2 Å². The zero-order valence-corrected chi connectivity index (χ0v) is 37.2. The van der Waals surface area contributed by atoms with E-state index in [1.165, 1.54) is 9.80 Å². The standard InChI is InChI=1S/C48H60N10O6/c1-29(2)41(55-47(63)57(5)27-39-49-33-21-13-14-22-34(33)50-39)45(61)53-37(25-31-17-9-7-10-18-31)43(59)44(60)38(26-32-19-11-8-12-20-32)54-46(62)42(30(3)4)56-48(64)58(6)28-40-51-35-23-15-16-24-36(35)52-40/h7-24,29-30,37-44,59-60H,25-28H2,1-6H3,(H,53,61)(H,54,62)(H,55,63)(H,56,64)/t37-,38-,41-,42-,43-,44-/m0/s1. The van der Waals surface area contributed by atoms with E-state index in [1.807, 2.05) is 109 Å². The maximum Gasteiger partial charge on any atom is 0.317 e. The van der Waals surface area contributed by atoms with Crippen molar-refractivity contribution >= 4 is 23.9 Å². The molecule has 6 atom stereocenters. The number of amides is 6. The van der Waals surface area contributed by atoms with Crippen LogP contribution in [0.3, 0.4) is 0 Å². The number of para-hydroxylation sites is 4. The van der Waals surface area contributed by atoms with Crippen LogP contribution in [0.25, 0.3) is 0 Å². The van der Waals surface area contributed by atoms with Crippen molar-refractivity contribution in [1.82, 2.24) is 31.1 Å². The number of fused-ring (bicyclic) bond motifs is 2. The Hall–Kier alpha value is -6.52. The van der Waals surface area contributed by atoms with Crippen LogP contribution >= 0.6 is 0 Å². The summed E-state index contributed by atoms with van der Waals surface area (Å²) in [5, 5.41) is 38.8. The molecule has 6 amide bonds. The van der Waals surface area contributed by atoms with Crippen molar-refractivity contribution in [2.75, 3.05) is 27.2 Å². The predicted molar refractivity (Wildman–Crippen MR) is 241 cm³/mol. The Balaban J connectivity index is 1.17. The first-order chi connectivity index (χ1) is 30.7. The number of nitrogens with zero attached hydrogens (tertiary/aromatic N) is 6. The molecule has 0 saturated carbocycles. The highest BCUT2D eigenvalue weighted by molar-refractivity contribution is 5.88. The van der Waals surface area contributed by atoms with E-state index in [-0.39, 0.29) is 37.8 Å². The van der Waals surface area contributed by atoms with Gasteiger partial charge in [-0.25, -0.2) is 9.59 Å². The highest BCUT2D eigenvalue weighted by Crippen LogP contribution is 2.17. The van der Waals surface area contributed by atoms with E-state index >= 15 is 0 Å². The molecule has 64 heavy (non-hydrogen) atoms. The number of aliphatic hydroxyl groups excluding tert-OH is 2. The van der Waals surface area contributed by atoms with E-state index < -0.39 is 72.6 Å². The van der Waals surface area contributed by atoms with E-state index in [1.54, 1.807) is 41.8 Å². The van der Waals surface area contributed by atoms with Gasteiger partial charge in [0, 0.05) is 14.1 Å². The normalized spacial score (nSPS) is 16.0. The molecule has 16 nitrogen and oxygen atoms in total. The van der Waals surface area contributed by atoms with Crippen LogP contribution in [0.15, 0.2) is 129 Å². The Morgan fingerprint density at radius 1 is 0.500 bits per heavy atom. The number of carbonyl (C=O) groups excluding carboxylic acids is 4. The lowest BCUT2D eigenvalue weighted by atomic mass is 9.90. The third kappa shape index (κ3) is 12.3. The van der Waals surface area contributed by atoms with Crippen molar-refractivity contribution in [3.63, 3.8) is 0 Å². The summed E-state index contributed by atoms with van der Waals surface area (Å²) in [5.74, 6) is -1.87. The smallest absolute Gasteiger partial charge is 0.317 e. The predicted octanol–water partition coefficient (Wildman–Crippen LogP) is 1.05. The van der Waals surface area contributed by atoms with Gasteiger partial charge < -0.3 is 41.3 Å². The van der Waals surface area contributed by atoms with E-state index in [0.717, 1.165) is 32.6 Å². The van der Waals surface area contributed by atoms with Gasteiger partial charge in [-0.1, -0.05) is 113 Å². The van der Waals surface area contributed by atoms with Crippen LogP contribution in [0.1, 0.15) is 38.8 Å². The molecule has 0 spiro atoms. The number of hydrogen-bond donors (Lipinski definition) is 6. The number of benzene rings is 4. The number of urea groups is 2. The molecule has 338 valence electrons. The van der Waals surface area contributed by atoms with Crippen molar-refractivity contribution < 1.29 is 29.4 Å². The minimum absolute atomic E-state index is 0.113. The van der Waals surface area contributed by atoms with Crippen LogP contribution in [0, 0.1) is 11.8 Å². The summed E-state index contributed by atoms with van der Waals surface area (Å²) in [7, 11) is 3.21. The summed E-state index contributed by atoms with van der Waals surface area (Å²) in [6, 6.07) is 28.1. The molecule has 0 unspecified atom stereocenters. The molecule has 0 radical (unpaired) electrons. The van der Waals surface area contributed by atoms with Crippen molar-refractivity contribution in [2.24, 2.45) is 31.8 Å². The highest BCUT2D eigenvalue weighted by Gasteiger charge is 2.38. The monoisotopic (exact) mass is 872 g/mol. The highest BCUT2D eigenvalue weighted by atomic mass is 16.3. The Morgan fingerprint density at radius 3 is 1.09 bits per heavy atom. The third-order valence-electron chi connectivity index (χ3n) is 11.4. The van der Waals surface area contributed by atoms with E-state index in [9.17, 15) is 29.4 Å². The molecule has 0 aromatic heterocycles. The number of nitrogens with one attached hydrogen (secondary N) is 4. The molecule has 0 bridgehead atoms. The van der Waals surface area contributed by atoms with Gasteiger partial charge in [0.2, 0.25) is 11.8 Å². The first-order valence-electron chi connectivity index (χ1n) is 21.8. The maximum atomic E-state index is 14.2. The van der Waals surface area contributed by atoms with Gasteiger partial charge in [-0.15, -0.1) is 0 Å². The fourth-order valence-corrected chi connectivity index (χ4v) is 7.71.